The van der Waals surface area contributed by atoms with Crippen LogP contribution in [0.3, 0.4) is 0 Å². The van der Waals surface area contributed by atoms with Crippen molar-refractivity contribution < 1.29 is 19.0 Å². The van der Waals surface area contributed by atoms with Crippen LogP contribution in [-0.4, -0.2) is 29.7 Å². The first-order valence-electron chi connectivity index (χ1n) is 6.32. The first kappa shape index (κ1) is 17.2. The van der Waals surface area contributed by atoms with Crippen molar-refractivity contribution in [2.45, 2.75) is 36.4 Å². The summed E-state index contributed by atoms with van der Waals surface area (Å²) in [6, 6.07) is 7.53. The molecule has 0 heterocycles. The Morgan fingerprint density at radius 3 is 2.10 bits per heavy atom. The number of ether oxygens (including phenoxy) is 3. The maximum atomic E-state index is 11.8. The SMILES string of the molecule is COC(=O)[C@@H](I)[C@@H](OC(C)(C)C)c1ccc(OC)cc1. The summed E-state index contributed by atoms with van der Waals surface area (Å²) >= 11 is 2.06. The number of rotatable bonds is 5. The first-order valence-corrected chi connectivity index (χ1v) is 7.56. The van der Waals surface area contributed by atoms with Gasteiger partial charge >= 0.3 is 5.97 Å². The number of methoxy groups -OCH3 is 2. The number of hydrogen-bond acceptors (Lipinski definition) is 4. The van der Waals surface area contributed by atoms with Crippen LogP contribution in [0.1, 0.15) is 32.4 Å². The summed E-state index contributed by atoms with van der Waals surface area (Å²) in [5.41, 5.74) is 0.563. The molecular formula is C15H21IO4. The molecule has 112 valence electrons. The van der Waals surface area contributed by atoms with Gasteiger partial charge in [-0.15, -0.1) is 0 Å². The Labute approximate surface area is 133 Å². The van der Waals surface area contributed by atoms with Gasteiger partial charge in [0.1, 0.15) is 15.8 Å². The van der Waals surface area contributed by atoms with Crippen LogP contribution >= 0.6 is 22.6 Å². The molecule has 0 fully saturated rings. The van der Waals surface area contributed by atoms with Crippen LogP contribution in [0.2, 0.25) is 0 Å². The largest absolute Gasteiger partial charge is 0.497 e. The molecule has 5 heteroatoms. The van der Waals surface area contributed by atoms with E-state index in [2.05, 4.69) is 22.6 Å². The molecule has 0 unspecified atom stereocenters. The summed E-state index contributed by atoms with van der Waals surface area (Å²) in [5.74, 6) is 0.474. The van der Waals surface area contributed by atoms with Gasteiger partial charge in [-0.25, -0.2) is 0 Å². The summed E-state index contributed by atoms with van der Waals surface area (Å²) in [6.45, 7) is 5.89. The van der Waals surface area contributed by atoms with Gasteiger partial charge in [-0.3, -0.25) is 4.79 Å². The van der Waals surface area contributed by atoms with Crippen molar-refractivity contribution in [3.05, 3.63) is 29.8 Å². The number of benzene rings is 1. The Kier molecular flexibility index (Phi) is 6.26. The molecular weight excluding hydrogens is 371 g/mol. The number of alkyl halides is 1. The van der Waals surface area contributed by atoms with Crippen LogP contribution in [0.15, 0.2) is 24.3 Å². The van der Waals surface area contributed by atoms with E-state index in [0.717, 1.165) is 11.3 Å². The summed E-state index contributed by atoms with van der Waals surface area (Å²) in [6.07, 6.45) is -0.367. The smallest absolute Gasteiger partial charge is 0.321 e. The molecule has 20 heavy (non-hydrogen) atoms. The lowest BCUT2D eigenvalue weighted by Crippen LogP contribution is -2.32. The molecule has 0 aliphatic carbocycles. The molecule has 0 aliphatic rings. The number of halogens is 1. The molecule has 0 N–H and O–H groups in total. The second kappa shape index (κ2) is 7.26. The van der Waals surface area contributed by atoms with Crippen LogP contribution in [0.25, 0.3) is 0 Å². The zero-order chi connectivity index (χ0) is 15.3. The maximum Gasteiger partial charge on any atom is 0.321 e. The van der Waals surface area contributed by atoms with Crippen LogP contribution in [0, 0.1) is 0 Å². The Bertz CT molecular complexity index is 436. The lowest BCUT2D eigenvalue weighted by Gasteiger charge is -2.30. The topological polar surface area (TPSA) is 44.8 Å². The number of carbonyl (C=O) groups excluding carboxylic acids is 1. The number of carbonyl (C=O) groups is 1. The van der Waals surface area contributed by atoms with Gasteiger partial charge in [-0.2, -0.15) is 0 Å². The van der Waals surface area contributed by atoms with E-state index in [9.17, 15) is 4.79 Å². The molecule has 4 nitrogen and oxygen atoms in total. The van der Waals surface area contributed by atoms with E-state index in [1.165, 1.54) is 7.11 Å². The van der Waals surface area contributed by atoms with Crippen LogP contribution in [0.4, 0.5) is 0 Å². The second-order valence-corrected chi connectivity index (χ2v) is 6.69. The molecule has 0 saturated heterocycles. The van der Waals surface area contributed by atoms with Crippen molar-refractivity contribution in [1.82, 2.24) is 0 Å². The quantitative estimate of drug-likeness (QED) is 0.437. The normalized spacial score (nSPS) is 14.5. The average molecular weight is 392 g/mol. The molecule has 0 spiro atoms. The molecule has 0 saturated carbocycles. The Hall–Kier alpha value is -0.820. The van der Waals surface area contributed by atoms with Gasteiger partial charge in [0.15, 0.2) is 0 Å². The van der Waals surface area contributed by atoms with Gasteiger partial charge in [0.2, 0.25) is 0 Å². The van der Waals surface area contributed by atoms with E-state index in [1.54, 1.807) is 7.11 Å². The minimum atomic E-state index is -0.412. The van der Waals surface area contributed by atoms with Gasteiger partial charge < -0.3 is 14.2 Å². The molecule has 0 bridgehead atoms. The van der Waals surface area contributed by atoms with Crippen molar-refractivity contribution in [3.63, 3.8) is 0 Å². The minimum Gasteiger partial charge on any atom is -0.497 e. The first-order chi connectivity index (χ1) is 9.28. The van der Waals surface area contributed by atoms with Crippen molar-refractivity contribution in [1.29, 1.82) is 0 Å². The fraction of sp³-hybridized carbons (Fsp3) is 0.533. The summed E-state index contributed by atoms with van der Waals surface area (Å²) in [4.78, 5) is 11.8. The highest BCUT2D eigenvalue weighted by molar-refractivity contribution is 14.1. The van der Waals surface area contributed by atoms with Crippen LogP contribution in [0.5, 0.6) is 5.75 Å². The predicted molar refractivity (Wildman–Crippen MR) is 86.4 cm³/mol. The van der Waals surface area contributed by atoms with Crippen LogP contribution in [-0.2, 0) is 14.3 Å². The zero-order valence-corrected chi connectivity index (χ0v) is 14.6. The molecule has 0 amide bonds. The summed E-state index contributed by atoms with van der Waals surface area (Å²) in [7, 11) is 3.00. The van der Waals surface area contributed by atoms with E-state index in [4.69, 9.17) is 14.2 Å². The van der Waals surface area contributed by atoms with Gasteiger partial charge in [-0.1, -0.05) is 34.7 Å². The third-order valence-electron chi connectivity index (χ3n) is 2.62. The Balaban J connectivity index is 3.05. The van der Waals surface area contributed by atoms with E-state index in [0.29, 0.717) is 0 Å². The molecule has 1 rings (SSSR count). The summed E-state index contributed by atoms with van der Waals surface area (Å²) in [5, 5.41) is 0. The third-order valence-corrected chi connectivity index (χ3v) is 3.78. The van der Waals surface area contributed by atoms with Crippen molar-refractivity contribution in [2.75, 3.05) is 14.2 Å². The minimum absolute atomic E-state index is 0.296. The monoisotopic (exact) mass is 392 g/mol. The molecule has 0 aromatic heterocycles. The highest BCUT2D eigenvalue weighted by atomic mass is 127. The molecule has 1 aromatic rings. The fourth-order valence-corrected chi connectivity index (χ4v) is 2.52. The second-order valence-electron chi connectivity index (χ2n) is 5.35. The Morgan fingerprint density at radius 2 is 1.70 bits per heavy atom. The van der Waals surface area contributed by atoms with Gasteiger partial charge in [0.05, 0.1) is 19.8 Å². The molecule has 0 aliphatic heterocycles. The summed E-state index contributed by atoms with van der Waals surface area (Å²) < 4.78 is 15.6. The van der Waals surface area contributed by atoms with E-state index < -0.39 is 3.92 Å². The fourth-order valence-electron chi connectivity index (χ4n) is 1.71. The highest BCUT2D eigenvalue weighted by Crippen LogP contribution is 2.32. The van der Waals surface area contributed by atoms with E-state index >= 15 is 0 Å². The lowest BCUT2D eigenvalue weighted by molar-refractivity contribution is -0.145. The lowest BCUT2D eigenvalue weighted by atomic mass is 10.0. The van der Waals surface area contributed by atoms with Crippen LogP contribution < -0.4 is 4.74 Å². The van der Waals surface area contributed by atoms with E-state index in [-0.39, 0.29) is 17.7 Å². The molecule has 0 radical (unpaired) electrons. The molecule has 2 atom stereocenters. The van der Waals surface area contributed by atoms with E-state index in [1.807, 2.05) is 45.0 Å². The standard InChI is InChI=1S/C15H21IO4/c1-15(2,3)20-13(12(16)14(17)19-5)10-6-8-11(18-4)9-7-10/h6-9,12-13H,1-5H3/t12-,13-/m0/s1. The highest BCUT2D eigenvalue weighted by Gasteiger charge is 2.32. The maximum absolute atomic E-state index is 11.8. The average Bonchev–Trinajstić information content (AvgIpc) is 2.42. The van der Waals surface area contributed by atoms with Gasteiger partial charge in [0.25, 0.3) is 0 Å². The molecule has 1 aromatic carbocycles. The third kappa shape index (κ3) is 4.94. The zero-order valence-electron chi connectivity index (χ0n) is 12.5. The number of hydrogen-bond donors (Lipinski definition) is 0. The van der Waals surface area contributed by atoms with Crippen molar-refractivity contribution >= 4 is 28.6 Å². The predicted octanol–water partition coefficient (Wildman–Crippen LogP) is 3.53. The van der Waals surface area contributed by atoms with Crippen molar-refractivity contribution in [3.8, 4) is 5.75 Å². The van der Waals surface area contributed by atoms with Gasteiger partial charge in [0, 0.05) is 0 Å². The number of esters is 1. The van der Waals surface area contributed by atoms with Gasteiger partial charge in [-0.05, 0) is 38.5 Å². The Morgan fingerprint density at radius 1 is 1.15 bits per heavy atom. The van der Waals surface area contributed by atoms with Crippen molar-refractivity contribution in [2.24, 2.45) is 0 Å².